The molecule has 0 amide bonds. The van der Waals surface area contributed by atoms with Crippen molar-refractivity contribution in [3.05, 3.63) is 29.8 Å². The molecule has 2 aliphatic rings. The van der Waals surface area contributed by atoms with Crippen LogP contribution in [-0.2, 0) is 6.42 Å². The Balaban J connectivity index is 1.49. The second-order valence-corrected chi connectivity index (χ2v) is 5.60. The summed E-state index contributed by atoms with van der Waals surface area (Å²) in [6.45, 7) is 4.73. The van der Waals surface area contributed by atoms with Gasteiger partial charge >= 0.3 is 0 Å². The summed E-state index contributed by atoms with van der Waals surface area (Å²) in [6.07, 6.45) is 3.86. The fourth-order valence-electron chi connectivity index (χ4n) is 2.44. The van der Waals surface area contributed by atoms with Gasteiger partial charge in [-0.05, 0) is 37.3 Å². The molecule has 0 spiro atoms. The van der Waals surface area contributed by atoms with Gasteiger partial charge in [0.15, 0.2) is 5.96 Å². The minimum atomic E-state index is 0.206. The minimum Gasteiger partial charge on any atom is -0.488 e. The number of guanidine groups is 1. The molecule has 0 bridgehead atoms. The topological polar surface area (TPSA) is 45.7 Å². The smallest absolute Gasteiger partial charge is 0.191 e. The summed E-state index contributed by atoms with van der Waals surface area (Å²) in [4.78, 5) is 4.62. The van der Waals surface area contributed by atoms with E-state index in [0.717, 1.165) is 43.7 Å². The van der Waals surface area contributed by atoms with E-state index in [4.69, 9.17) is 4.74 Å². The van der Waals surface area contributed by atoms with Crippen LogP contribution in [0.3, 0.4) is 0 Å². The molecule has 0 radical (unpaired) electrons. The molecule has 1 aromatic carbocycles. The molecular formula is C16H23N3O. The van der Waals surface area contributed by atoms with Crippen molar-refractivity contribution in [3.63, 3.8) is 0 Å². The van der Waals surface area contributed by atoms with Crippen molar-refractivity contribution in [2.75, 3.05) is 19.6 Å². The molecule has 1 aliphatic carbocycles. The number of rotatable bonds is 5. The van der Waals surface area contributed by atoms with Crippen LogP contribution in [0.2, 0.25) is 0 Å². The number of nitrogens with one attached hydrogen (secondary N) is 2. The number of fused-ring (bicyclic) bond motifs is 1. The van der Waals surface area contributed by atoms with Crippen molar-refractivity contribution in [1.29, 1.82) is 0 Å². The van der Waals surface area contributed by atoms with Gasteiger partial charge in [-0.15, -0.1) is 0 Å². The Hall–Kier alpha value is -1.71. The maximum absolute atomic E-state index is 5.93. The molecule has 1 fully saturated rings. The van der Waals surface area contributed by atoms with Crippen LogP contribution in [0.15, 0.2) is 29.3 Å². The van der Waals surface area contributed by atoms with Crippen molar-refractivity contribution < 1.29 is 4.74 Å². The number of ether oxygens (including phenoxy) is 1. The van der Waals surface area contributed by atoms with Gasteiger partial charge in [0.2, 0.25) is 0 Å². The molecule has 108 valence electrons. The molecule has 1 aromatic rings. The molecule has 2 N–H and O–H groups in total. The lowest BCUT2D eigenvalue weighted by Gasteiger charge is -2.15. The first-order chi connectivity index (χ1) is 9.85. The first-order valence-electron chi connectivity index (χ1n) is 7.62. The monoisotopic (exact) mass is 273 g/mol. The van der Waals surface area contributed by atoms with Gasteiger partial charge in [0, 0.05) is 19.5 Å². The third-order valence-corrected chi connectivity index (χ3v) is 3.76. The lowest BCUT2D eigenvalue weighted by Crippen LogP contribution is -2.42. The molecule has 0 aromatic heterocycles. The van der Waals surface area contributed by atoms with Crippen molar-refractivity contribution >= 4 is 5.96 Å². The second-order valence-electron chi connectivity index (χ2n) is 5.60. The van der Waals surface area contributed by atoms with Gasteiger partial charge in [-0.25, -0.2) is 0 Å². The third kappa shape index (κ3) is 3.44. The van der Waals surface area contributed by atoms with E-state index in [9.17, 15) is 0 Å². The first-order valence-corrected chi connectivity index (χ1v) is 7.62. The Morgan fingerprint density at radius 3 is 2.90 bits per heavy atom. The maximum Gasteiger partial charge on any atom is 0.191 e. The van der Waals surface area contributed by atoms with E-state index in [1.807, 2.05) is 12.1 Å². The summed E-state index contributed by atoms with van der Waals surface area (Å²) in [5.41, 5.74) is 1.30. The molecule has 0 saturated heterocycles. The Labute approximate surface area is 120 Å². The number of benzene rings is 1. The van der Waals surface area contributed by atoms with Crippen LogP contribution in [0.25, 0.3) is 0 Å². The lowest BCUT2D eigenvalue weighted by molar-refractivity contribution is 0.235. The summed E-state index contributed by atoms with van der Waals surface area (Å²) in [6, 6.07) is 8.28. The van der Waals surface area contributed by atoms with Gasteiger partial charge < -0.3 is 15.4 Å². The van der Waals surface area contributed by atoms with Crippen LogP contribution < -0.4 is 15.4 Å². The summed E-state index contributed by atoms with van der Waals surface area (Å²) < 4.78 is 5.93. The predicted octanol–water partition coefficient (Wildman–Crippen LogP) is 1.96. The van der Waals surface area contributed by atoms with Crippen LogP contribution in [0, 0.1) is 5.92 Å². The SMILES string of the molecule is CCNC(=NCC1CC1)NCC1Cc2ccccc2O1. The Morgan fingerprint density at radius 1 is 1.30 bits per heavy atom. The second kappa shape index (κ2) is 6.16. The molecule has 1 unspecified atom stereocenters. The molecule has 1 heterocycles. The average Bonchev–Trinajstić information content (AvgIpc) is 3.19. The summed E-state index contributed by atoms with van der Waals surface area (Å²) in [7, 11) is 0. The van der Waals surface area contributed by atoms with Crippen LogP contribution in [0.4, 0.5) is 0 Å². The van der Waals surface area contributed by atoms with Crippen molar-refractivity contribution in [1.82, 2.24) is 10.6 Å². The van der Waals surface area contributed by atoms with Crippen molar-refractivity contribution in [2.24, 2.45) is 10.9 Å². The number of nitrogens with zero attached hydrogens (tertiary/aromatic N) is 1. The standard InChI is InChI=1S/C16H23N3O/c1-2-17-16(18-10-12-7-8-12)19-11-14-9-13-5-3-4-6-15(13)20-14/h3-6,12,14H,2,7-11H2,1H3,(H2,17,18,19). The minimum absolute atomic E-state index is 0.206. The summed E-state index contributed by atoms with van der Waals surface area (Å²) >= 11 is 0. The van der Waals surface area contributed by atoms with Crippen LogP contribution in [-0.4, -0.2) is 31.7 Å². The summed E-state index contributed by atoms with van der Waals surface area (Å²) in [5, 5.41) is 6.69. The van der Waals surface area contributed by atoms with Gasteiger partial charge in [-0.2, -0.15) is 0 Å². The number of hydrogen-bond donors (Lipinski definition) is 2. The van der Waals surface area contributed by atoms with E-state index in [2.05, 4.69) is 34.7 Å². The molecule has 4 heteroatoms. The fraction of sp³-hybridized carbons (Fsp3) is 0.562. The van der Waals surface area contributed by atoms with Gasteiger partial charge in [-0.3, -0.25) is 4.99 Å². The maximum atomic E-state index is 5.93. The van der Waals surface area contributed by atoms with Gasteiger partial charge in [0.05, 0.1) is 6.54 Å². The van der Waals surface area contributed by atoms with Gasteiger partial charge in [0.1, 0.15) is 11.9 Å². The highest BCUT2D eigenvalue weighted by Gasteiger charge is 2.23. The largest absolute Gasteiger partial charge is 0.488 e. The van der Waals surface area contributed by atoms with Crippen molar-refractivity contribution in [2.45, 2.75) is 32.3 Å². The summed E-state index contributed by atoms with van der Waals surface area (Å²) in [5.74, 6) is 2.76. The Bertz CT molecular complexity index is 457. The van der Waals surface area contributed by atoms with Crippen molar-refractivity contribution in [3.8, 4) is 5.75 Å². The molecule has 1 atom stereocenters. The van der Waals surface area contributed by atoms with E-state index in [-0.39, 0.29) is 6.10 Å². The van der Waals surface area contributed by atoms with Gasteiger partial charge in [0.25, 0.3) is 0 Å². The first kappa shape index (κ1) is 13.3. The van der Waals surface area contributed by atoms with E-state index in [1.54, 1.807) is 0 Å². The molecular weight excluding hydrogens is 250 g/mol. The molecule has 1 aliphatic heterocycles. The van der Waals surface area contributed by atoms with Crippen LogP contribution in [0.5, 0.6) is 5.75 Å². The highest BCUT2D eigenvalue weighted by molar-refractivity contribution is 5.79. The Kier molecular flexibility index (Phi) is 4.09. The zero-order valence-electron chi connectivity index (χ0n) is 12.1. The van der Waals surface area contributed by atoms with Crippen LogP contribution in [0.1, 0.15) is 25.3 Å². The quantitative estimate of drug-likeness (QED) is 0.637. The highest BCUT2D eigenvalue weighted by Crippen LogP contribution is 2.29. The van der Waals surface area contributed by atoms with E-state index in [1.165, 1.54) is 18.4 Å². The fourth-order valence-corrected chi connectivity index (χ4v) is 2.44. The molecule has 1 saturated carbocycles. The number of aliphatic imine (C=N–C) groups is 1. The highest BCUT2D eigenvalue weighted by atomic mass is 16.5. The molecule has 3 rings (SSSR count). The zero-order chi connectivity index (χ0) is 13.8. The number of para-hydroxylation sites is 1. The number of hydrogen-bond acceptors (Lipinski definition) is 2. The van der Waals surface area contributed by atoms with E-state index in [0.29, 0.717) is 0 Å². The third-order valence-electron chi connectivity index (χ3n) is 3.76. The predicted molar refractivity (Wildman–Crippen MR) is 81.3 cm³/mol. The van der Waals surface area contributed by atoms with Gasteiger partial charge in [-0.1, -0.05) is 18.2 Å². The zero-order valence-corrected chi connectivity index (χ0v) is 12.1. The molecule has 4 nitrogen and oxygen atoms in total. The molecule has 20 heavy (non-hydrogen) atoms. The average molecular weight is 273 g/mol. The Morgan fingerprint density at radius 2 is 2.15 bits per heavy atom. The van der Waals surface area contributed by atoms with E-state index >= 15 is 0 Å². The normalized spacial score (nSPS) is 21.2. The lowest BCUT2D eigenvalue weighted by atomic mass is 10.1. The van der Waals surface area contributed by atoms with Crippen LogP contribution >= 0.6 is 0 Å². The van der Waals surface area contributed by atoms with E-state index < -0.39 is 0 Å².